The summed E-state index contributed by atoms with van der Waals surface area (Å²) in [4.78, 5) is 88.2. The largest absolute Gasteiger partial charge is 0.481 e. The number of amides is 2. The van der Waals surface area contributed by atoms with Crippen LogP contribution in [0.5, 0.6) is 0 Å². The molecule has 372 valence electrons. The van der Waals surface area contributed by atoms with Gasteiger partial charge < -0.3 is 56.0 Å². The molecular formula is C36H64N7O18P3S. The molecule has 8 unspecified atom stereocenters. The molecule has 0 saturated carbocycles. The highest BCUT2D eigenvalue weighted by Crippen LogP contribution is 2.61. The van der Waals surface area contributed by atoms with E-state index in [0.29, 0.717) is 12.2 Å². The molecule has 0 spiro atoms. The fourth-order valence-electron chi connectivity index (χ4n) is 6.50. The Morgan fingerprint density at radius 1 is 0.908 bits per heavy atom. The molecule has 2 amide bonds. The van der Waals surface area contributed by atoms with E-state index in [4.69, 9.17) is 19.5 Å². The lowest BCUT2D eigenvalue weighted by molar-refractivity contribution is -0.137. The molecule has 3 heterocycles. The third-order valence-corrected chi connectivity index (χ3v) is 14.1. The monoisotopic (exact) mass is 1010 g/mol. The van der Waals surface area contributed by atoms with Crippen molar-refractivity contribution in [3.05, 3.63) is 12.7 Å². The number of aliphatic hydroxyl groups excluding tert-OH is 3. The number of carbonyl (C=O) groups excluding carboxylic acids is 3. The molecule has 11 N–H and O–H groups in total. The van der Waals surface area contributed by atoms with Crippen LogP contribution in [0.15, 0.2) is 12.7 Å². The van der Waals surface area contributed by atoms with E-state index < -0.39 is 84.6 Å². The molecule has 1 fully saturated rings. The van der Waals surface area contributed by atoms with Gasteiger partial charge in [0, 0.05) is 37.1 Å². The maximum atomic E-state index is 12.7. The molecule has 8 atom stereocenters. The second kappa shape index (κ2) is 26.9. The van der Waals surface area contributed by atoms with Gasteiger partial charge in [0.15, 0.2) is 22.8 Å². The highest BCUT2D eigenvalue weighted by Gasteiger charge is 2.50. The lowest BCUT2D eigenvalue weighted by atomic mass is 9.87. The van der Waals surface area contributed by atoms with Crippen LogP contribution in [0.25, 0.3) is 11.2 Å². The number of unbranched alkanes of at least 4 members (excludes halogenated alkanes) is 7. The molecule has 1 aliphatic heterocycles. The van der Waals surface area contributed by atoms with E-state index in [0.717, 1.165) is 86.8 Å². The van der Waals surface area contributed by atoms with Gasteiger partial charge in [0.25, 0.3) is 0 Å². The molecular weight excluding hydrogens is 943 g/mol. The van der Waals surface area contributed by atoms with Gasteiger partial charge in [-0.2, -0.15) is 4.31 Å². The number of nitrogen functional groups attached to an aromatic ring is 1. The summed E-state index contributed by atoms with van der Waals surface area (Å²) < 4.78 is 62.3. The van der Waals surface area contributed by atoms with Crippen molar-refractivity contribution in [1.29, 1.82) is 0 Å². The van der Waals surface area contributed by atoms with Crippen LogP contribution < -0.4 is 16.4 Å². The number of ether oxygens (including phenoxy) is 1. The van der Waals surface area contributed by atoms with Gasteiger partial charge in [-0.25, -0.2) is 28.6 Å². The number of aromatic nitrogens is 4. The average Bonchev–Trinajstić information content (AvgIpc) is 3.78. The zero-order chi connectivity index (χ0) is 48.4. The summed E-state index contributed by atoms with van der Waals surface area (Å²) in [6.07, 6.45) is 4.24. The van der Waals surface area contributed by atoms with E-state index >= 15 is 0 Å². The number of thioether (sulfide) groups is 1. The number of anilines is 1. The van der Waals surface area contributed by atoms with E-state index in [1.54, 1.807) is 0 Å². The first-order valence-electron chi connectivity index (χ1n) is 21.2. The fourth-order valence-corrected chi connectivity index (χ4v) is 10.0. The van der Waals surface area contributed by atoms with Crippen molar-refractivity contribution in [3.8, 4) is 0 Å². The van der Waals surface area contributed by atoms with Gasteiger partial charge in [0.05, 0.1) is 25.6 Å². The van der Waals surface area contributed by atoms with Crippen molar-refractivity contribution in [2.45, 2.75) is 141 Å². The molecule has 2 aromatic rings. The number of nitrogens with one attached hydrogen (secondary N) is 2. The Morgan fingerprint density at radius 2 is 1.55 bits per heavy atom. The molecule has 1 aliphatic rings. The molecule has 2 aromatic heterocycles. The minimum atomic E-state index is -5.58. The van der Waals surface area contributed by atoms with Gasteiger partial charge in [-0.1, -0.05) is 83.9 Å². The number of rotatable bonds is 32. The summed E-state index contributed by atoms with van der Waals surface area (Å²) in [7, 11) is -16.4. The zero-order valence-electron chi connectivity index (χ0n) is 36.6. The van der Waals surface area contributed by atoms with Gasteiger partial charge in [0.2, 0.25) is 11.8 Å². The number of carbonyl (C=O) groups is 3. The van der Waals surface area contributed by atoms with Crippen molar-refractivity contribution in [2.75, 3.05) is 37.8 Å². The first kappa shape index (κ1) is 56.8. The van der Waals surface area contributed by atoms with Gasteiger partial charge in [0.1, 0.15) is 36.3 Å². The van der Waals surface area contributed by atoms with Crippen molar-refractivity contribution in [2.24, 2.45) is 5.41 Å². The maximum Gasteiger partial charge on any atom is 0.481 e. The Bertz CT molecular complexity index is 1980. The summed E-state index contributed by atoms with van der Waals surface area (Å²) in [5, 5.41) is 36.6. The number of phosphoric acid groups is 3. The second-order valence-corrected chi connectivity index (χ2v) is 21.5. The van der Waals surface area contributed by atoms with Gasteiger partial charge in [-0.05, 0) is 19.3 Å². The first-order chi connectivity index (χ1) is 30.4. The molecule has 29 heteroatoms. The molecule has 0 radical (unpaired) electrons. The fraction of sp³-hybridized carbons (Fsp3) is 0.778. The number of imidazole rings is 1. The first-order valence-corrected chi connectivity index (χ1v) is 26.7. The predicted octanol–water partition coefficient (Wildman–Crippen LogP) is 2.73. The van der Waals surface area contributed by atoms with Gasteiger partial charge >= 0.3 is 23.5 Å². The van der Waals surface area contributed by atoms with Crippen LogP contribution in [-0.2, 0) is 50.7 Å². The molecule has 65 heavy (non-hydrogen) atoms. The quantitative estimate of drug-likeness (QED) is 0.0372. The molecule has 0 bridgehead atoms. The van der Waals surface area contributed by atoms with Crippen LogP contribution in [0.3, 0.4) is 0 Å². The third-order valence-electron chi connectivity index (χ3n) is 10.1. The number of hydrogen-bond donors (Lipinski definition) is 10. The Morgan fingerprint density at radius 3 is 2.23 bits per heavy atom. The zero-order valence-corrected chi connectivity index (χ0v) is 40.1. The van der Waals surface area contributed by atoms with E-state index in [2.05, 4.69) is 41.3 Å². The number of phosphoric ester groups is 3. The van der Waals surface area contributed by atoms with Gasteiger partial charge in [-0.3, -0.25) is 32.5 Å². The van der Waals surface area contributed by atoms with Crippen LogP contribution in [0.4, 0.5) is 5.82 Å². The van der Waals surface area contributed by atoms with Crippen LogP contribution in [-0.4, -0.2) is 134 Å². The van der Waals surface area contributed by atoms with Crippen molar-refractivity contribution in [3.63, 3.8) is 0 Å². The summed E-state index contributed by atoms with van der Waals surface area (Å²) in [6, 6.07) is 0. The number of nitrogens with zero attached hydrogens (tertiary/aromatic N) is 4. The average molecular weight is 1010 g/mol. The van der Waals surface area contributed by atoms with Crippen molar-refractivity contribution >= 4 is 69.1 Å². The normalized spacial score (nSPS) is 20.8. The molecule has 1 saturated heterocycles. The smallest absolute Gasteiger partial charge is 0.393 e. The SMILES string of the molecule is CCCCCCC(O)CCCCCCCC(=O)SCCNC(=O)CCNC(=O)C(O)C(C)(C)COP(=O)(O)OP(=O)(O)OCC1OC(n2cnc3c(N)ncnc32)C(O)C1OP(=O)(O)O. The summed E-state index contributed by atoms with van der Waals surface area (Å²) in [6.45, 7) is 2.67. The topological polar surface area (TPSA) is 384 Å². The van der Waals surface area contributed by atoms with Gasteiger partial charge in [-0.15, -0.1) is 0 Å². The van der Waals surface area contributed by atoms with Crippen molar-refractivity contribution < 1.29 is 85.6 Å². The Balaban J connectivity index is 1.34. The second-order valence-electron chi connectivity index (χ2n) is 16.1. The van der Waals surface area contributed by atoms with E-state index in [1.165, 1.54) is 26.7 Å². The molecule has 0 aromatic carbocycles. The molecule has 3 rings (SSSR count). The molecule has 0 aliphatic carbocycles. The summed E-state index contributed by atoms with van der Waals surface area (Å²) >= 11 is 1.12. The van der Waals surface area contributed by atoms with E-state index in [9.17, 15) is 63.0 Å². The summed E-state index contributed by atoms with van der Waals surface area (Å²) in [5.74, 6) is -1.08. The van der Waals surface area contributed by atoms with Crippen LogP contribution in [0.1, 0.15) is 110 Å². The Hall–Kier alpha value is -2.48. The number of nitrogens with two attached hydrogens (primary N) is 1. The van der Waals surface area contributed by atoms with E-state index in [1.807, 2.05) is 0 Å². The number of fused-ring (bicyclic) bond motifs is 1. The lowest BCUT2D eigenvalue weighted by Gasteiger charge is -2.30. The van der Waals surface area contributed by atoms with Crippen molar-refractivity contribution in [1.82, 2.24) is 30.2 Å². The van der Waals surface area contributed by atoms with Crippen LogP contribution in [0.2, 0.25) is 0 Å². The molecule has 25 nitrogen and oxygen atoms in total. The predicted molar refractivity (Wildman–Crippen MR) is 234 cm³/mol. The van der Waals surface area contributed by atoms with E-state index in [-0.39, 0.29) is 47.7 Å². The lowest BCUT2D eigenvalue weighted by Crippen LogP contribution is -2.46. The van der Waals surface area contributed by atoms with Crippen LogP contribution in [0, 0.1) is 5.41 Å². The standard InChI is InChI=1S/C36H64N7O18P3S/c1-4-5-6-10-13-24(44)14-11-8-7-9-12-15-27(46)65-19-18-38-26(45)16-17-39-34(49)31(48)36(2,3)21-58-64(55,56)61-63(53,54)57-20-25-30(60-62(50,51)52)29(47)35(59-25)43-23-42-28-32(37)40-22-41-33(28)43/h22-25,29-31,35,44,47-48H,4-21H2,1-3H3,(H,38,45)(H,39,49)(H,53,54)(H,55,56)(H2,37,40,41)(H2,50,51,52). The third kappa shape index (κ3) is 20.3. The highest BCUT2D eigenvalue weighted by atomic mass is 32.2. The van der Waals surface area contributed by atoms with Crippen LogP contribution >= 0.6 is 35.2 Å². The maximum absolute atomic E-state index is 12.7. The number of aliphatic hydroxyl groups is 3. The number of hydrogen-bond acceptors (Lipinski definition) is 19. The summed E-state index contributed by atoms with van der Waals surface area (Å²) in [5.41, 5.74) is 4.27. The highest BCUT2D eigenvalue weighted by molar-refractivity contribution is 8.13. The minimum Gasteiger partial charge on any atom is -0.393 e. The Labute approximate surface area is 380 Å². The minimum absolute atomic E-state index is 0.0266. The Kier molecular flexibility index (Phi) is 23.5.